The molecule has 0 aliphatic rings. The molecule has 0 N–H and O–H groups in total. The highest BCUT2D eigenvalue weighted by atomic mass is 16.3. The molecular weight excluding hydrogens is 496 g/mol. The maximum atomic E-state index is 6.58. The van der Waals surface area contributed by atoms with Crippen molar-refractivity contribution in [2.75, 3.05) is 0 Å². The molecule has 1 aromatic heterocycles. The molecule has 0 atom stereocenters. The minimum atomic E-state index is 0.916. The molecule has 0 fully saturated rings. The van der Waals surface area contributed by atoms with E-state index in [1.54, 1.807) is 0 Å². The zero-order chi connectivity index (χ0) is 26.9. The van der Waals surface area contributed by atoms with Crippen LogP contribution in [0.15, 0.2) is 150 Å². The summed E-state index contributed by atoms with van der Waals surface area (Å²) in [4.78, 5) is 0. The second-order valence-electron chi connectivity index (χ2n) is 10.9. The van der Waals surface area contributed by atoms with Crippen molar-refractivity contribution >= 4 is 54.3 Å². The highest BCUT2D eigenvalue weighted by molar-refractivity contribution is 6.27. The van der Waals surface area contributed by atoms with Gasteiger partial charge in [0, 0.05) is 16.3 Å². The van der Waals surface area contributed by atoms with E-state index in [2.05, 4.69) is 146 Å². The highest BCUT2D eigenvalue weighted by Crippen LogP contribution is 2.45. The molecule has 0 bridgehead atoms. The lowest BCUT2D eigenvalue weighted by Gasteiger charge is -2.16. The topological polar surface area (TPSA) is 13.1 Å². The van der Waals surface area contributed by atoms with Crippen molar-refractivity contribution in [1.29, 1.82) is 0 Å². The molecule has 0 spiro atoms. The fourth-order valence-corrected chi connectivity index (χ4v) is 6.77. The summed E-state index contributed by atoms with van der Waals surface area (Å²) in [5, 5.41) is 10.1. The maximum Gasteiger partial charge on any atom is 0.143 e. The Morgan fingerprint density at radius 3 is 1.80 bits per heavy atom. The molecule has 1 heteroatoms. The summed E-state index contributed by atoms with van der Waals surface area (Å²) in [5.41, 5.74) is 9.07. The molecule has 8 aromatic carbocycles. The Labute approximate surface area is 237 Å². The molecular formula is C40H24O. The van der Waals surface area contributed by atoms with Gasteiger partial charge < -0.3 is 4.42 Å². The zero-order valence-corrected chi connectivity index (χ0v) is 22.3. The molecule has 190 valence electrons. The Kier molecular flexibility index (Phi) is 4.67. The van der Waals surface area contributed by atoms with Crippen molar-refractivity contribution < 1.29 is 4.42 Å². The van der Waals surface area contributed by atoms with Crippen molar-refractivity contribution in [3.05, 3.63) is 146 Å². The average Bonchev–Trinajstić information content (AvgIpc) is 3.43. The molecule has 0 aliphatic heterocycles. The first-order valence-electron chi connectivity index (χ1n) is 14.1. The van der Waals surface area contributed by atoms with Gasteiger partial charge in [0.15, 0.2) is 0 Å². The molecule has 9 aromatic rings. The van der Waals surface area contributed by atoms with E-state index >= 15 is 0 Å². The van der Waals surface area contributed by atoms with E-state index < -0.39 is 0 Å². The summed E-state index contributed by atoms with van der Waals surface area (Å²) in [5.74, 6) is 0. The second kappa shape index (κ2) is 8.55. The zero-order valence-electron chi connectivity index (χ0n) is 22.3. The van der Waals surface area contributed by atoms with Crippen molar-refractivity contribution in [3.8, 4) is 33.4 Å². The van der Waals surface area contributed by atoms with Gasteiger partial charge in [-0.1, -0.05) is 127 Å². The van der Waals surface area contributed by atoms with Crippen LogP contribution in [-0.4, -0.2) is 0 Å². The minimum Gasteiger partial charge on any atom is -0.455 e. The van der Waals surface area contributed by atoms with Crippen LogP contribution in [0.3, 0.4) is 0 Å². The largest absolute Gasteiger partial charge is 0.455 e. The summed E-state index contributed by atoms with van der Waals surface area (Å²) in [6.45, 7) is 0. The summed E-state index contributed by atoms with van der Waals surface area (Å²) >= 11 is 0. The van der Waals surface area contributed by atoms with Crippen LogP contribution in [0.2, 0.25) is 0 Å². The monoisotopic (exact) mass is 520 g/mol. The standard InChI is InChI=1S/C40H24O/c1-3-9-25(10-4-1)30-23-28-18-17-27-19-21-32(34-22-20-29(24-30)37(28)38(27)34)33-14-8-16-36-39(33)35-15-7-13-31(40(35)41-36)26-11-5-2-6-12-26/h1-24H. The molecule has 0 amide bonds. The molecule has 0 unspecified atom stereocenters. The molecule has 41 heavy (non-hydrogen) atoms. The fraction of sp³-hybridized carbons (Fsp3) is 0. The fourth-order valence-electron chi connectivity index (χ4n) is 6.77. The number of benzene rings is 8. The summed E-state index contributed by atoms with van der Waals surface area (Å²) < 4.78 is 6.58. The number of hydrogen-bond donors (Lipinski definition) is 0. The molecule has 1 nitrogen and oxygen atoms in total. The SMILES string of the molecule is c1ccc(-c2cc3ccc4ccc(-c5cccc6oc7c(-c8ccccc8)cccc7c56)c5ccc(c2)c3c45)cc1. The first-order chi connectivity index (χ1) is 20.3. The van der Waals surface area contributed by atoms with Crippen molar-refractivity contribution in [2.45, 2.75) is 0 Å². The van der Waals surface area contributed by atoms with Crippen molar-refractivity contribution in [2.24, 2.45) is 0 Å². The predicted molar refractivity (Wildman–Crippen MR) is 174 cm³/mol. The van der Waals surface area contributed by atoms with Crippen LogP contribution < -0.4 is 0 Å². The third kappa shape index (κ3) is 3.30. The van der Waals surface area contributed by atoms with Crippen LogP contribution >= 0.6 is 0 Å². The van der Waals surface area contributed by atoms with Crippen LogP contribution in [0.5, 0.6) is 0 Å². The van der Waals surface area contributed by atoms with Crippen LogP contribution in [0.4, 0.5) is 0 Å². The smallest absolute Gasteiger partial charge is 0.143 e. The Balaban J connectivity index is 1.32. The lowest BCUT2D eigenvalue weighted by Crippen LogP contribution is -1.89. The van der Waals surface area contributed by atoms with E-state index in [4.69, 9.17) is 4.42 Å². The minimum absolute atomic E-state index is 0.916. The number of furan rings is 1. The van der Waals surface area contributed by atoms with Crippen LogP contribution in [0.25, 0.3) is 87.6 Å². The van der Waals surface area contributed by atoms with Gasteiger partial charge in [0.25, 0.3) is 0 Å². The lowest BCUT2D eigenvalue weighted by molar-refractivity contribution is 0.670. The normalized spacial score (nSPS) is 11.9. The predicted octanol–water partition coefficient (Wildman–Crippen LogP) is 11.5. The van der Waals surface area contributed by atoms with E-state index in [-0.39, 0.29) is 0 Å². The maximum absolute atomic E-state index is 6.58. The Morgan fingerprint density at radius 1 is 0.341 bits per heavy atom. The van der Waals surface area contributed by atoms with Gasteiger partial charge in [0.1, 0.15) is 11.2 Å². The first-order valence-corrected chi connectivity index (χ1v) is 14.1. The van der Waals surface area contributed by atoms with Gasteiger partial charge in [0.05, 0.1) is 0 Å². The first kappa shape index (κ1) is 22.4. The van der Waals surface area contributed by atoms with Crippen LogP contribution in [0.1, 0.15) is 0 Å². The summed E-state index contributed by atoms with van der Waals surface area (Å²) in [6, 6.07) is 52.5. The van der Waals surface area contributed by atoms with E-state index in [0.29, 0.717) is 0 Å². The summed E-state index contributed by atoms with van der Waals surface area (Å²) in [6.07, 6.45) is 0. The third-order valence-corrected chi connectivity index (χ3v) is 8.60. The number of para-hydroxylation sites is 1. The third-order valence-electron chi connectivity index (χ3n) is 8.60. The molecule has 9 rings (SSSR count). The quantitative estimate of drug-likeness (QED) is 0.211. The highest BCUT2D eigenvalue weighted by Gasteiger charge is 2.19. The molecule has 0 aliphatic carbocycles. The van der Waals surface area contributed by atoms with Crippen LogP contribution in [-0.2, 0) is 0 Å². The van der Waals surface area contributed by atoms with Gasteiger partial charge >= 0.3 is 0 Å². The van der Waals surface area contributed by atoms with Crippen molar-refractivity contribution in [1.82, 2.24) is 0 Å². The van der Waals surface area contributed by atoms with E-state index in [1.165, 1.54) is 60.0 Å². The number of hydrogen-bond acceptors (Lipinski definition) is 1. The van der Waals surface area contributed by atoms with Gasteiger partial charge in [0.2, 0.25) is 0 Å². The van der Waals surface area contributed by atoms with Gasteiger partial charge in [-0.25, -0.2) is 0 Å². The Hall–Kier alpha value is -5.40. The van der Waals surface area contributed by atoms with Gasteiger partial charge in [-0.05, 0) is 78.3 Å². The van der Waals surface area contributed by atoms with E-state index in [0.717, 1.165) is 27.7 Å². The second-order valence-corrected chi connectivity index (χ2v) is 10.9. The van der Waals surface area contributed by atoms with Gasteiger partial charge in [-0.2, -0.15) is 0 Å². The summed E-state index contributed by atoms with van der Waals surface area (Å²) in [7, 11) is 0. The molecule has 1 heterocycles. The van der Waals surface area contributed by atoms with Crippen LogP contribution in [0, 0.1) is 0 Å². The number of rotatable bonds is 3. The number of fused-ring (bicyclic) bond motifs is 3. The Morgan fingerprint density at radius 2 is 1.00 bits per heavy atom. The van der Waals surface area contributed by atoms with Gasteiger partial charge in [-0.15, -0.1) is 0 Å². The molecule has 0 radical (unpaired) electrons. The Bertz CT molecular complexity index is 2380. The van der Waals surface area contributed by atoms with E-state index in [9.17, 15) is 0 Å². The molecule has 0 saturated carbocycles. The van der Waals surface area contributed by atoms with Gasteiger partial charge in [-0.3, -0.25) is 0 Å². The van der Waals surface area contributed by atoms with Crippen molar-refractivity contribution in [3.63, 3.8) is 0 Å². The van der Waals surface area contributed by atoms with E-state index in [1.807, 2.05) is 0 Å². The lowest BCUT2D eigenvalue weighted by atomic mass is 9.87. The average molecular weight is 521 g/mol. The molecule has 0 saturated heterocycles.